The van der Waals surface area contributed by atoms with Gasteiger partial charge >= 0.3 is 0 Å². The number of halogens is 1. The lowest BCUT2D eigenvalue weighted by atomic mass is 10.1. The summed E-state index contributed by atoms with van der Waals surface area (Å²) in [5.74, 6) is -0.276. The summed E-state index contributed by atoms with van der Waals surface area (Å²) in [6.07, 6.45) is 0.252. The maximum Gasteiger partial charge on any atom is 0.242 e. The van der Waals surface area contributed by atoms with Crippen LogP contribution >= 0.6 is 11.6 Å². The first-order valence-corrected chi connectivity index (χ1v) is 10.3. The third-order valence-corrected chi connectivity index (χ3v) is 5.19. The number of carbonyl (C=O) groups excluding carboxylic acids is 2. The topological polar surface area (TPSA) is 49.4 Å². The first-order chi connectivity index (χ1) is 14.5. The lowest BCUT2D eigenvalue weighted by Crippen LogP contribution is -2.47. The van der Waals surface area contributed by atoms with Gasteiger partial charge in [0.25, 0.3) is 0 Å². The molecule has 30 heavy (non-hydrogen) atoms. The van der Waals surface area contributed by atoms with E-state index in [0.717, 1.165) is 16.7 Å². The lowest BCUT2D eigenvalue weighted by molar-refractivity contribution is -0.140. The Morgan fingerprint density at radius 2 is 1.40 bits per heavy atom. The average molecular weight is 421 g/mol. The maximum absolute atomic E-state index is 13.1. The van der Waals surface area contributed by atoms with Crippen LogP contribution in [0.5, 0.6) is 0 Å². The molecule has 5 heteroatoms. The van der Waals surface area contributed by atoms with Gasteiger partial charge in [-0.25, -0.2) is 0 Å². The molecule has 3 aromatic rings. The second-order valence-electron chi connectivity index (χ2n) is 7.19. The molecule has 3 aromatic carbocycles. The Bertz CT molecular complexity index is 959. The van der Waals surface area contributed by atoms with Crippen molar-refractivity contribution in [2.45, 2.75) is 32.5 Å². The third kappa shape index (κ3) is 6.19. The molecule has 0 saturated heterocycles. The number of hydrogen-bond acceptors (Lipinski definition) is 2. The number of carbonyl (C=O) groups is 2. The van der Waals surface area contributed by atoms with E-state index in [9.17, 15) is 9.59 Å². The molecule has 0 unspecified atom stereocenters. The van der Waals surface area contributed by atoms with Gasteiger partial charge in [0.2, 0.25) is 11.8 Å². The van der Waals surface area contributed by atoms with Gasteiger partial charge < -0.3 is 10.2 Å². The zero-order valence-electron chi connectivity index (χ0n) is 16.9. The van der Waals surface area contributed by atoms with Crippen molar-refractivity contribution in [3.8, 4) is 0 Å². The Labute approximate surface area is 182 Å². The Morgan fingerprint density at radius 3 is 2.00 bits per heavy atom. The van der Waals surface area contributed by atoms with E-state index in [1.54, 1.807) is 24.0 Å². The highest BCUT2D eigenvalue weighted by Gasteiger charge is 2.26. The Kier molecular flexibility index (Phi) is 7.63. The van der Waals surface area contributed by atoms with Crippen molar-refractivity contribution in [1.29, 1.82) is 0 Å². The van der Waals surface area contributed by atoms with Crippen LogP contribution in [0.15, 0.2) is 84.9 Å². The van der Waals surface area contributed by atoms with Gasteiger partial charge in [-0.05, 0) is 35.7 Å². The van der Waals surface area contributed by atoms with Crippen molar-refractivity contribution < 1.29 is 9.59 Å². The summed E-state index contributed by atoms with van der Waals surface area (Å²) in [7, 11) is 0. The fourth-order valence-corrected chi connectivity index (χ4v) is 3.30. The highest BCUT2D eigenvalue weighted by atomic mass is 35.5. The molecular weight excluding hydrogens is 396 g/mol. The van der Waals surface area contributed by atoms with E-state index in [1.807, 2.05) is 72.8 Å². The van der Waals surface area contributed by atoms with E-state index in [4.69, 9.17) is 11.6 Å². The monoisotopic (exact) mass is 420 g/mol. The third-order valence-electron chi connectivity index (χ3n) is 4.94. The van der Waals surface area contributed by atoms with Crippen LogP contribution in [-0.2, 0) is 29.1 Å². The van der Waals surface area contributed by atoms with Crippen LogP contribution in [-0.4, -0.2) is 22.8 Å². The molecule has 2 amide bonds. The van der Waals surface area contributed by atoms with E-state index in [1.165, 1.54) is 0 Å². The second kappa shape index (κ2) is 10.6. The van der Waals surface area contributed by atoms with Gasteiger partial charge in [0.1, 0.15) is 6.04 Å². The lowest BCUT2D eigenvalue weighted by Gasteiger charge is -2.29. The molecule has 0 spiro atoms. The molecule has 0 fully saturated rings. The summed E-state index contributed by atoms with van der Waals surface area (Å²) < 4.78 is 0. The van der Waals surface area contributed by atoms with Gasteiger partial charge in [-0.15, -0.1) is 0 Å². The predicted octanol–water partition coefficient (Wildman–Crippen LogP) is 4.62. The molecule has 3 rings (SSSR count). The molecule has 0 aliphatic heterocycles. The summed E-state index contributed by atoms with van der Waals surface area (Å²) in [6, 6.07) is 26.0. The fourth-order valence-electron chi connectivity index (χ4n) is 3.17. The van der Waals surface area contributed by atoms with Gasteiger partial charge in [-0.3, -0.25) is 9.59 Å². The number of nitrogens with zero attached hydrogens (tertiary/aromatic N) is 1. The zero-order chi connectivity index (χ0) is 21.3. The summed E-state index contributed by atoms with van der Waals surface area (Å²) in [6.45, 7) is 2.53. The second-order valence-corrected chi connectivity index (χ2v) is 7.63. The smallest absolute Gasteiger partial charge is 0.242 e. The largest absolute Gasteiger partial charge is 0.350 e. The molecule has 154 valence electrons. The normalized spacial score (nSPS) is 11.5. The Hall–Kier alpha value is -3.11. The van der Waals surface area contributed by atoms with E-state index in [2.05, 4.69) is 5.32 Å². The zero-order valence-corrected chi connectivity index (χ0v) is 17.7. The summed E-state index contributed by atoms with van der Waals surface area (Å²) in [5.41, 5.74) is 2.86. The van der Waals surface area contributed by atoms with E-state index in [0.29, 0.717) is 18.1 Å². The maximum atomic E-state index is 13.1. The first kappa shape index (κ1) is 21.6. The van der Waals surface area contributed by atoms with E-state index in [-0.39, 0.29) is 18.2 Å². The molecule has 1 atom stereocenters. The van der Waals surface area contributed by atoms with Gasteiger partial charge in [0.15, 0.2) is 0 Å². The predicted molar refractivity (Wildman–Crippen MR) is 120 cm³/mol. The number of hydrogen-bond donors (Lipinski definition) is 1. The SMILES string of the molecule is C[C@H](C(=O)NCc1ccc(Cl)cc1)N(Cc1ccccc1)C(=O)Cc1ccccc1. The van der Waals surface area contributed by atoms with Gasteiger partial charge in [-0.2, -0.15) is 0 Å². The minimum Gasteiger partial charge on any atom is -0.350 e. The molecule has 4 nitrogen and oxygen atoms in total. The highest BCUT2D eigenvalue weighted by Crippen LogP contribution is 2.13. The van der Waals surface area contributed by atoms with Gasteiger partial charge in [0.05, 0.1) is 6.42 Å². The Balaban J connectivity index is 1.71. The standard InChI is InChI=1S/C25H25ClN2O2/c1-19(25(30)27-17-21-12-14-23(26)15-13-21)28(18-22-10-6-3-7-11-22)24(29)16-20-8-4-2-5-9-20/h2-15,19H,16-18H2,1H3,(H,27,30)/t19-/m1/s1. The van der Waals surface area contributed by atoms with Crippen molar-refractivity contribution in [2.24, 2.45) is 0 Å². The van der Waals surface area contributed by atoms with Gasteiger partial charge in [0, 0.05) is 18.1 Å². The molecule has 0 aliphatic carbocycles. The van der Waals surface area contributed by atoms with Crippen molar-refractivity contribution in [3.05, 3.63) is 107 Å². The van der Waals surface area contributed by atoms with Crippen LogP contribution < -0.4 is 5.32 Å². The minimum atomic E-state index is -0.603. The van der Waals surface area contributed by atoms with Crippen molar-refractivity contribution >= 4 is 23.4 Å². The highest BCUT2D eigenvalue weighted by molar-refractivity contribution is 6.30. The summed E-state index contributed by atoms with van der Waals surface area (Å²) in [5, 5.41) is 3.58. The van der Waals surface area contributed by atoms with Crippen molar-refractivity contribution in [1.82, 2.24) is 10.2 Å². The average Bonchev–Trinajstić information content (AvgIpc) is 2.77. The molecule has 0 saturated carbocycles. The van der Waals surface area contributed by atoms with E-state index < -0.39 is 6.04 Å². The molecule has 0 radical (unpaired) electrons. The van der Waals surface area contributed by atoms with Crippen LogP contribution in [0, 0.1) is 0 Å². The number of amides is 2. The van der Waals surface area contributed by atoms with Crippen LogP contribution in [0.25, 0.3) is 0 Å². The molecule has 1 N–H and O–H groups in total. The van der Waals surface area contributed by atoms with Crippen molar-refractivity contribution in [2.75, 3.05) is 0 Å². The quantitative estimate of drug-likeness (QED) is 0.578. The molecule has 0 heterocycles. The van der Waals surface area contributed by atoms with Crippen LogP contribution in [0.3, 0.4) is 0 Å². The number of nitrogens with one attached hydrogen (secondary N) is 1. The molecule has 0 aliphatic rings. The first-order valence-electron chi connectivity index (χ1n) is 9.92. The van der Waals surface area contributed by atoms with Crippen LogP contribution in [0.2, 0.25) is 5.02 Å². The fraction of sp³-hybridized carbons (Fsp3) is 0.200. The van der Waals surface area contributed by atoms with Crippen LogP contribution in [0.1, 0.15) is 23.6 Å². The summed E-state index contributed by atoms with van der Waals surface area (Å²) in [4.78, 5) is 27.6. The molecular formula is C25H25ClN2O2. The van der Waals surface area contributed by atoms with E-state index >= 15 is 0 Å². The summed E-state index contributed by atoms with van der Waals surface area (Å²) >= 11 is 5.91. The number of rotatable bonds is 8. The molecule has 0 aromatic heterocycles. The number of benzene rings is 3. The minimum absolute atomic E-state index is 0.0841. The van der Waals surface area contributed by atoms with Gasteiger partial charge in [-0.1, -0.05) is 84.4 Å². The van der Waals surface area contributed by atoms with Crippen molar-refractivity contribution in [3.63, 3.8) is 0 Å². The Morgan fingerprint density at radius 1 is 0.833 bits per heavy atom. The van der Waals surface area contributed by atoms with Crippen LogP contribution in [0.4, 0.5) is 0 Å². The molecule has 0 bridgehead atoms.